The van der Waals surface area contributed by atoms with E-state index in [9.17, 15) is 0 Å². The summed E-state index contributed by atoms with van der Waals surface area (Å²) in [7, 11) is 3.24. The summed E-state index contributed by atoms with van der Waals surface area (Å²) in [6.07, 6.45) is -0.278. The van der Waals surface area contributed by atoms with Crippen molar-refractivity contribution in [2.24, 2.45) is 10.2 Å². The number of benzene rings is 2. The van der Waals surface area contributed by atoms with Gasteiger partial charge >= 0.3 is 0 Å². The van der Waals surface area contributed by atoms with Gasteiger partial charge in [-0.25, -0.2) is 0 Å². The fraction of sp³-hybridized carbons (Fsp3) is 0.368. The smallest absolute Gasteiger partial charge is 0.119 e. The van der Waals surface area contributed by atoms with E-state index in [1.165, 1.54) is 0 Å². The minimum atomic E-state index is -0.375. The summed E-state index contributed by atoms with van der Waals surface area (Å²) in [5.41, 5.74) is 1.42. The average molecular weight is 452 g/mol. The van der Waals surface area contributed by atoms with Crippen LogP contribution in [0, 0.1) is 6.07 Å². The number of rotatable bonds is 6. The van der Waals surface area contributed by atoms with Crippen molar-refractivity contribution in [3.63, 3.8) is 0 Å². The molecule has 0 aliphatic carbocycles. The second kappa shape index (κ2) is 13.4. The van der Waals surface area contributed by atoms with Crippen LogP contribution in [0.5, 0.6) is 11.5 Å². The molecule has 0 heterocycles. The number of azo groups is 1. The predicted octanol–water partition coefficient (Wildman–Crippen LogP) is 4.05. The third-order valence-corrected chi connectivity index (χ3v) is 3.03. The number of hydrogen-bond donors (Lipinski definition) is 2. The second-order valence-electron chi connectivity index (χ2n) is 5.45. The quantitative estimate of drug-likeness (QED) is 0.394. The van der Waals surface area contributed by atoms with E-state index in [-0.39, 0.29) is 32.6 Å². The zero-order chi connectivity index (χ0) is 18.7. The Morgan fingerprint density at radius 2 is 1.42 bits per heavy atom. The maximum absolute atomic E-state index is 8.56. The summed E-state index contributed by atoms with van der Waals surface area (Å²) in [6.45, 7) is 3.32. The molecule has 2 atom stereocenters. The van der Waals surface area contributed by atoms with Gasteiger partial charge in [-0.2, -0.15) is 16.3 Å². The summed E-state index contributed by atoms with van der Waals surface area (Å²) in [4.78, 5) is 0. The summed E-state index contributed by atoms with van der Waals surface area (Å²) in [5.74, 6) is 1.54. The molecule has 0 radical (unpaired) electrons. The maximum Gasteiger partial charge on any atom is 0.119 e. The van der Waals surface area contributed by atoms with Crippen molar-refractivity contribution in [3.05, 3.63) is 48.5 Å². The van der Waals surface area contributed by atoms with Crippen molar-refractivity contribution in [2.45, 2.75) is 32.5 Å². The molecule has 0 aromatic heterocycles. The number of hydrogen-bond acceptors (Lipinski definition) is 6. The number of methoxy groups -OCH3 is 2. The van der Waals surface area contributed by atoms with E-state index in [0.717, 1.165) is 17.2 Å². The third-order valence-electron chi connectivity index (χ3n) is 3.03. The molecule has 2 aromatic carbocycles. The minimum absolute atomic E-state index is 0. The number of aliphatic hydroxyl groups is 2. The molecule has 2 rings (SSSR count). The number of aliphatic hydroxyl groups excluding tert-OH is 2. The molecule has 26 heavy (non-hydrogen) atoms. The van der Waals surface area contributed by atoms with Crippen molar-refractivity contribution in [1.29, 1.82) is 0 Å². The van der Waals surface area contributed by atoms with Gasteiger partial charge in [0.1, 0.15) is 5.75 Å². The van der Waals surface area contributed by atoms with Gasteiger partial charge in [-0.15, -0.1) is 18.2 Å². The molecule has 0 saturated carbocycles. The van der Waals surface area contributed by atoms with E-state index in [2.05, 4.69) is 16.3 Å². The topological polar surface area (TPSA) is 83.6 Å². The Morgan fingerprint density at radius 1 is 0.885 bits per heavy atom. The zero-order valence-electron chi connectivity index (χ0n) is 15.3. The Kier molecular flexibility index (Phi) is 12.5. The molecule has 0 bridgehead atoms. The van der Waals surface area contributed by atoms with Crippen molar-refractivity contribution < 1.29 is 40.1 Å². The predicted molar refractivity (Wildman–Crippen MR) is 97.0 cm³/mol. The molecule has 2 unspecified atom stereocenters. The number of nitrogens with zero attached hydrogens (tertiary/aromatic N) is 2. The van der Waals surface area contributed by atoms with Crippen LogP contribution in [0.4, 0.5) is 11.4 Å². The Bertz CT molecular complexity index is 573. The first-order chi connectivity index (χ1) is 11.9. The Hall–Kier alpha value is -1.78. The molecule has 0 aliphatic rings. The molecule has 0 saturated heterocycles. The van der Waals surface area contributed by atoms with Gasteiger partial charge in [0.05, 0.1) is 32.1 Å². The van der Waals surface area contributed by atoms with Gasteiger partial charge in [0.15, 0.2) is 0 Å². The van der Waals surface area contributed by atoms with E-state index < -0.39 is 0 Å². The molecule has 2 N–H and O–H groups in total. The van der Waals surface area contributed by atoms with Gasteiger partial charge < -0.3 is 19.7 Å². The van der Waals surface area contributed by atoms with Gasteiger partial charge in [0.2, 0.25) is 0 Å². The molecule has 0 aliphatic heterocycles. The Balaban J connectivity index is 0.000000673. The molecule has 0 fully saturated rings. The minimum Gasteiger partial charge on any atom is -0.554 e. The van der Waals surface area contributed by atoms with Gasteiger partial charge in [0.25, 0.3) is 0 Å². The molecular weight excluding hydrogens is 427 g/mol. The van der Waals surface area contributed by atoms with Crippen LogP contribution in [0.2, 0.25) is 0 Å². The number of ether oxygens (including phenoxy) is 2. The van der Waals surface area contributed by atoms with Crippen molar-refractivity contribution in [2.75, 3.05) is 14.2 Å². The third kappa shape index (κ3) is 10.3. The normalized spacial score (nSPS) is 12.4. The van der Waals surface area contributed by atoms with Crippen LogP contribution in [0.3, 0.4) is 0 Å². The van der Waals surface area contributed by atoms with E-state index in [4.69, 9.17) is 19.7 Å². The molecule has 2 aromatic rings. The average Bonchev–Trinajstić information content (AvgIpc) is 2.60. The van der Waals surface area contributed by atoms with Crippen LogP contribution in [0.25, 0.3) is 0 Å². The van der Waals surface area contributed by atoms with Crippen LogP contribution >= 0.6 is 0 Å². The fourth-order valence-electron chi connectivity index (χ4n) is 1.85. The van der Waals surface area contributed by atoms with Crippen molar-refractivity contribution in [3.8, 4) is 11.5 Å². The Labute approximate surface area is 168 Å². The molecule has 0 spiro atoms. The summed E-state index contributed by atoms with van der Waals surface area (Å²) < 4.78 is 10.1. The van der Waals surface area contributed by atoms with Crippen LogP contribution in [-0.2, 0) is 20.4 Å². The van der Waals surface area contributed by atoms with Crippen molar-refractivity contribution in [1.82, 2.24) is 0 Å². The maximum atomic E-state index is 8.56. The van der Waals surface area contributed by atoms with Gasteiger partial charge in [-0.3, -0.25) is 0 Å². The first kappa shape index (κ1) is 24.2. The fourth-order valence-corrected chi connectivity index (χ4v) is 1.85. The summed E-state index contributed by atoms with van der Waals surface area (Å²) in [6, 6.07) is 15.7. The molecular formula is C19H25N2O4Pd-. The van der Waals surface area contributed by atoms with E-state index in [1.807, 2.05) is 30.3 Å². The molecule has 6 nitrogen and oxygen atoms in total. The van der Waals surface area contributed by atoms with Gasteiger partial charge in [-0.1, -0.05) is 0 Å². The first-order valence-corrected chi connectivity index (χ1v) is 7.92. The van der Waals surface area contributed by atoms with Crippen LogP contribution in [0.15, 0.2) is 52.7 Å². The van der Waals surface area contributed by atoms with E-state index >= 15 is 0 Å². The molecule has 146 valence electrons. The van der Waals surface area contributed by atoms with Gasteiger partial charge in [-0.05, 0) is 50.2 Å². The monoisotopic (exact) mass is 451 g/mol. The Morgan fingerprint density at radius 3 is 1.81 bits per heavy atom. The first-order valence-electron chi connectivity index (χ1n) is 7.92. The second-order valence-corrected chi connectivity index (χ2v) is 5.45. The van der Waals surface area contributed by atoms with Crippen LogP contribution in [-0.4, -0.2) is 36.6 Å². The SMILES string of the molecule is CC(O)CC(C)O.COc1c[c-]c(N=Nc2ccc(OC)cc2)cc1.[Pd]. The zero-order valence-corrected chi connectivity index (χ0v) is 16.9. The molecule has 0 amide bonds. The van der Waals surface area contributed by atoms with Gasteiger partial charge in [0, 0.05) is 26.2 Å². The summed E-state index contributed by atoms with van der Waals surface area (Å²) in [5, 5.41) is 25.3. The summed E-state index contributed by atoms with van der Waals surface area (Å²) >= 11 is 0. The van der Waals surface area contributed by atoms with E-state index in [1.54, 1.807) is 40.2 Å². The van der Waals surface area contributed by atoms with Crippen LogP contribution in [0.1, 0.15) is 20.3 Å². The standard InChI is InChI=1S/C14H13N2O2.C5H12O2.Pd/c1-17-13-7-3-11(4-8-13)15-16-12-5-9-14(18-2)10-6-12;1-4(6)3-5(2)7;/h3-5,7-10H,1-2H3;4-7H,3H2,1-2H3;/q-1;;. The van der Waals surface area contributed by atoms with Crippen LogP contribution < -0.4 is 9.47 Å². The van der Waals surface area contributed by atoms with Crippen molar-refractivity contribution >= 4 is 11.4 Å². The molecule has 7 heteroatoms. The largest absolute Gasteiger partial charge is 0.554 e. The van der Waals surface area contributed by atoms with E-state index in [0.29, 0.717) is 12.1 Å².